The van der Waals surface area contributed by atoms with E-state index in [1.54, 1.807) is 0 Å². The highest BCUT2D eigenvalue weighted by Gasteiger charge is 2.16. The third kappa shape index (κ3) is 3.40. The standard InChI is InChI=1S/C19H22N4O/c1-13(2)12-20-19(24)22-18-17(15-8-6-7-14(3)11-15)21-16-9-4-5-10-23(16)18/h4-11,13H,12H2,1-3H3,(H2,20,22,24). The quantitative estimate of drug-likeness (QED) is 0.760. The van der Waals surface area contributed by atoms with Crippen molar-refractivity contribution in [3.05, 3.63) is 54.2 Å². The fraction of sp³-hybridized carbons (Fsp3) is 0.263. The van der Waals surface area contributed by atoms with Crippen molar-refractivity contribution in [3.63, 3.8) is 0 Å². The van der Waals surface area contributed by atoms with Crippen molar-refractivity contribution in [2.75, 3.05) is 11.9 Å². The number of rotatable bonds is 4. The summed E-state index contributed by atoms with van der Waals surface area (Å²) in [7, 11) is 0. The van der Waals surface area contributed by atoms with E-state index < -0.39 is 0 Å². The first-order valence-electron chi connectivity index (χ1n) is 8.13. The van der Waals surface area contributed by atoms with E-state index in [-0.39, 0.29) is 6.03 Å². The van der Waals surface area contributed by atoms with Crippen LogP contribution in [-0.4, -0.2) is 22.0 Å². The van der Waals surface area contributed by atoms with Crippen LogP contribution in [0.4, 0.5) is 10.6 Å². The number of hydrogen-bond acceptors (Lipinski definition) is 2. The van der Waals surface area contributed by atoms with Gasteiger partial charge < -0.3 is 5.32 Å². The van der Waals surface area contributed by atoms with Crippen molar-refractivity contribution in [2.24, 2.45) is 5.92 Å². The molecule has 0 aliphatic carbocycles. The van der Waals surface area contributed by atoms with E-state index in [0.717, 1.165) is 22.5 Å². The van der Waals surface area contributed by atoms with Gasteiger partial charge in [-0.2, -0.15) is 0 Å². The van der Waals surface area contributed by atoms with Crippen molar-refractivity contribution in [1.82, 2.24) is 14.7 Å². The van der Waals surface area contributed by atoms with E-state index in [1.165, 1.54) is 0 Å². The number of anilines is 1. The van der Waals surface area contributed by atoms with Crippen LogP contribution in [-0.2, 0) is 0 Å². The Labute approximate surface area is 141 Å². The predicted molar refractivity (Wildman–Crippen MR) is 97.2 cm³/mol. The Morgan fingerprint density at radius 3 is 2.79 bits per heavy atom. The van der Waals surface area contributed by atoms with Crippen LogP contribution < -0.4 is 10.6 Å². The van der Waals surface area contributed by atoms with E-state index >= 15 is 0 Å². The molecule has 2 N–H and O–H groups in total. The zero-order valence-electron chi connectivity index (χ0n) is 14.2. The third-order valence-electron chi connectivity index (χ3n) is 3.72. The van der Waals surface area contributed by atoms with Crippen LogP contribution in [0.15, 0.2) is 48.7 Å². The fourth-order valence-electron chi connectivity index (χ4n) is 2.56. The van der Waals surface area contributed by atoms with E-state index in [0.29, 0.717) is 18.3 Å². The van der Waals surface area contributed by atoms with E-state index in [4.69, 9.17) is 4.98 Å². The van der Waals surface area contributed by atoms with Gasteiger partial charge in [0.2, 0.25) is 0 Å². The minimum absolute atomic E-state index is 0.219. The number of aryl methyl sites for hydroxylation is 1. The molecule has 3 rings (SSSR count). The average molecular weight is 322 g/mol. The monoisotopic (exact) mass is 322 g/mol. The lowest BCUT2D eigenvalue weighted by Crippen LogP contribution is -2.32. The van der Waals surface area contributed by atoms with Crippen LogP contribution >= 0.6 is 0 Å². The highest BCUT2D eigenvalue weighted by atomic mass is 16.2. The number of carbonyl (C=O) groups is 1. The number of imidazole rings is 1. The Morgan fingerprint density at radius 1 is 1.21 bits per heavy atom. The summed E-state index contributed by atoms with van der Waals surface area (Å²) in [5, 5.41) is 5.84. The number of aromatic nitrogens is 2. The number of nitrogens with one attached hydrogen (secondary N) is 2. The number of nitrogens with zero attached hydrogens (tertiary/aromatic N) is 2. The van der Waals surface area contributed by atoms with Gasteiger partial charge in [-0.05, 0) is 31.0 Å². The molecule has 0 fully saturated rings. The average Bonchev–Trinajstić information content (AvgIpc) is 2.92. The molecule has 24 heavy (non-hydrogen) atoms. The number of urea groups is 1. The second-order valence-electron chi connectivity index (χ2n) is 6.34. The van der Waals surface area contributed by atoms with Crippen LogP contribution in [0.2, 0.25) is 0 Å². The van der Waals surface area contributed by atoms with E-state index in [1.807, 2.05) is 53.9 Å². The first kappa shape index (κ1) is 16.1. The van der Waals surface area contributed by atoms with Crippen molar-refractivity contribution in [2.45, 2.75) is 20.8 Å². The fourth-order valence-corrected chi connectivity index (χ4v) is 2.56. The van der Waals surface area contributed by atoms with Crippen molar-refractivity contribution >= 4 is 17.5 Å². The molecule has 5 nitrogen and oxygen atoms in total. The summed E-state index contributed by atoms with van der Waals surface area (Å²) in [5.41, 5.74) is 3.70. The van der Waals surface area contributed by atoms with Crippen LogP contribution in [0.3, 0.4) is 0 Å². The van der Waals surface area contributed by atoms with Crippen LogP contribution in [0.1, 0.15) is 19.4 Å². The van der Waals surface area contributed by atoms with Crippen molar-refractivity contribution < 1.29 is 4.79 Å². The molecule has 0 atom stereocenters. The molecule has 2 aromatic heterocycles. The zero-order chi connectivity index (χ0) is 17.1. The van der Waals surface area contributed by atoms with Gasteiger partial charge in [-0.25, -0.2) is 9.78 Å². The molecule has 0 radical (unpaired) electrons. The second kappa shape index (κ2) is 6.74. The molecule has 0 unspecified atom stereocenters. The lowest BCUT2D eigenvalue weighted by Gasteiger charge is -2.11. The third-order valence-corrected chi connectivity index (χ3v) is 3.72. The number of carbonyl (C=O) groups excluding carboxylic acids is 1. The zero-order valence-corrected chi connectivity index (χ0v) is 14.2. The van der Waals surface area contributed by atoms with Crippen molar-refractivity contribution in [1.29, 1.82) is 0 Å². The SMILES string of the molecule is Cc1cccc(-c2nc3ccccn3c2NC(=O)NCC(C)C)c1. The summed E-state index contributed by atoms with van der Waals surface area (Å²) >= 11 is 0. The largest absolute Gasteiger partial charge is 0.338 e. The molecule has 0 spiro atoms. The van der Waals surface area contributed by atoms with Gasteiger partial charge in [-0.3, -0.25) is 9.72 Å². The topological polar surface area (TPSA) is 58.4 Å². The lowest BCUT2D eigenvalue weighted by atomic mass is 10.1. The molecule has 0 saturated carbocycles. The molecule has 5 heteroatoms. The van der Waals surface area contributed by atoms with Gasteiger partial charge >= 0.3 is 6.03 Å². The molecule has 2 heterocycles. The van der Waals surface area contributed by atoms with Gasteiger partial charge in [0.1, 0.15) is 17.2 Å². The first-order valence-corrected chi connectivity index (χ1v) is 8.13. The number of hydrogen-bond donors (Lipinski definition) is 2. The lowest BCUT2D eigenvalue weighted by molar-refractivity contribution is 0.251. The summed E-state index contributed by atoms with van der Waals surface area (Å²) in [4.78, 5) is 16.9. The van der Waals surface area contributed by atoms with Crippen LogP contribution in [0.25, 0.3) is 16.9 Å². The Hall–Kier alpha value is -2.82. The summed E-state index contributed by atoms with van der Waals surface area (Å²) in [6.45, 7) is 6.80. The molecule has 1 aromatic carbocycles. The van der Waals surface area contributed by atoms with E-state index in [9.17, 15) is 4.79 Å². The molecule has 3 aromatic rings. The molecule has 0 aliphatic heterocycles. The predicted octanol–water partition coefficient (Wildman–Crippen LogP) is 4.09. The van der Waals surface area contributed by atoms with Gasteiger partial charge in [0.05, 0.1) is 0 Å². The smallest absolute Gasteiger partial charge is 0.320 e. The van der Waals surface area contributed by atoms with Gasteiger partial charge in [-0.1, -0.05) is 43.7 Å². The molecule has 2 amide bonds. The van der Waals surface area contributed by atoms with Gasteiger partial charge in [-0.15, -0.1) is 0 Å². The number of amides is 2. The minimum atomic E-state index is -0.219. The number of fused-ring (bicyclic) bond motifs is 1. The molecule has 0 aliphatic rings. The van der Waals surface area contributed by atoms with E-state index in [2.05, 4.69) is 30.5 Å². The Morgan fingerprint density at radius 2 is 2.04 bits per heavy atom. The highest BCUT2D eigenvalue weighted by Crippen LogP contribution is 2.29. The molecule has 0 saturated heterocycles. The van der Waals surface area contributed by atoms with Crippen molar-refractivity contribution in [3.8, 4) is 11.3 Å². The molecule has 0 bridgehead atoms. The maximum Gasteiger partial charge on any atom is 0.320 e. The number of benzene rings is 1. The van der Waals surface area contributed by atoms with Crippen LogP contribution in [0, 0.1) is 12.8 Å². The van der Waals surface area contributed by atoms with Gasteiger partial charge in [0.25, 0.3) is 0 Å². The maximum atomic E-state index is 12.2. The Kier molecular flexibility index (Phi) is 4.51. The summed E-state index contributed by atoms with van der Waals surface area (Å²) in [6, 6.07) is 13.7. The minimum Gasteiger partial charge on any atom is -0.338 e. The number of pyridine rings is 1. The normalized spacial score (nSPS) is 11.0. The van der Waals surface area contributed by atoms with Gasteiger partial charge in [0, 0.05) is 18.3 Å². The van der Waals surface area contributed by atoms with Crippen LogP contribution in [0.5, 0.6) is 0 Å². The summed E-state index contributed by atoms with van der Waals surface area (Å²) in [5.74, 6) is 1.08. The second-order valence-corrected chi connectivity index (χ2v) is 6.34. The highest BCUT2D eigenvalue weighted by molar-refractivity contribution is 5.93. The Balaban J connectivity index is 2.01. The molecular formula is C19H22N4O. The first-order chi connectivity index (χ1) is 11.5. The summed E-state index contributed by atoms with van der Waals surface area (Å²) in [6.07, 6.45) is 1.90. The maximum absolute atomic E-state index is 12.2. The Bertz CT molecular complexity index is 867. The molecular weight excluding hydrogens is 300 g/mol. The van der Waals surface area contributed by atoms with Gasteiger partial charge in [0.15, 0.2) is 0 Å². The molecule has 124 valence electrons. The summed E-state index contributed by atoms with van der Waals surface area (Å²) < 4.78 is 1.90.